The number of aryl methyl sites for hydroxylation is 1. The number of rotatable bonds is 13. The summed E-state index contributed by atoms with van der Waals surface area (Å²) in [5.41, 5.74) is 1.11. The molecule has 3 aromatic rings. The van der Waals surface area contributed by atoms with Crippen LogP contribution in [0, 0.1) is 18.3 Å². The second kappa shape index (κ2) is 14.8. The van der Waals surface area contributed by atoms with Crippen LogP contribution in [0.4, 0.5) is 0 Å². The van der Waals surface area contributed by atoms with Crippen molar-refractivity contribution in [2.45, 2.75) is 89.9 Å². The topological polar surface area (TPSA) is 134 Å². The second-order valence-corrected chi connectivity index (χ2v) is 13.7. The first kappa shape index (κ1) is 33.7. The predicted octanol–water partition coefficient (Wildman–Crippen LogP) is 5.13. The highest BCUT2D eigenvalue weighted by atomic mass is 31.2. The average molecular weight is 647 g/mol. The van der Waals surface area contributed by atoms with Crippen LogP contribution in [0.2, 0.25) is 0 Å². The van der Waals surface area contributed by atoms with Crippen molar-refractivity contribution >= 4 is 14.4 Å². The van der Waals surface area contributed by atoms with Crippen LogP contribution in [0.3, 0.4) is 0 Å². The molecule has 2 N–H and O–H groups in total. The number of hydrogen-bond acceptors (Lipinski definition) is 9. The third-order valence-corrected chi connectivity index (χ3v) is 10.5. The highest BCUT2D eigenvalue weighted by molar-refractivity contribution is 7.44. The Morgan fingerprint density at radius 1 is 1.09 bits per heavy atom. The number of aliphatic imine (C=N–C) groups is 1. The van der Waals surface area contributed by atoms with Crippen molar-refractivity contribution < 1.29 is 13.8 Å². The Labute approximate surface area is 271 Å². The number of nitrogens with one attached hydrogen (secondary N) is 2. The zero-order chi connectivity index (χ0) is 32.8. The lowest BCUT2D eigenvalue weighted by Gasteiger charge is -2.37. The summed E-state index contributed by atoms with van der Waals surface area (Å²) in [6.07, 6.45) is 0.922. The number of amidine groups is 1. The Balaban J connectivity index is 1.45. The highest BCUT2D eigenvalue weighted by Crippen LogP contribution is 2.50. The fourth-order valence-electron chi connectivity index (χ4n) is 6.16. The van der Waals surface area contributed by atoms with E-state index in [0.717, 1.165) is 17.0 Å². The number of aromatic nitrogens is 2. The summed E-state index contributed by atoms with van der Waals surface area (Å²) < 4.78 is 23.2. The van der Waals surface area contributed by atoms with Gasteiger partial charge in [-0.2, -0.15) is 5.26 Å². The van der Waals surface area contributed by atoms with E-state index in [9.17, 15) is 14.9 Å². The molecule has 244 valence electrons. The van der Waals surface area contributed by atoms with Crippen LogP contribution in [-0.2, 0) is 19.3 Å². The molecule has 0 saturated carbocycles. The number of nitrogens with zero attached hydrogens (tertiary/aromatic N) is 4. The summed E-state index contributed by atoms with van der Waals surface area (Å²) in [6.45, 7) is 10.8. The standard InChI is InChI=1S/C34H43N6O5P/c1-23(2)40(24(3)4)46(43-18-12-17-35)45-29-20-31(39-21-25(5)32(41)37-33(39)42)44-28(29)19-30-36-22-34(38-30,26-13-8-6-9-14-26)27-15-10-7-11-16-27/h6-11,13-16,21,23-24,28-29,31H,12,18-20,22H2,1-5H3,(H,36,38)(H,37,41,42)/t28-,29+,31-,46?/m1/s1. The Kier molecular flexibility index (Phi) is 10.9. The van der Waals surface area contributed by atoms with Gasteiger partial charge in [-0.25, -0.2) is 9.46 Å². The smallest absolute Gasteiger partial charge is 0.330 e. The SMILES string of the molecule is Cc1cn([C@H]2C[C@H](OP(OCCC#N)N(C(C)C)C(C)C)[C@@H](CC3=NCC(c4ccccc4)(c4ccccc4)N3)O2)c(=O)[nH]c1=O. The number of ether oxygens (including phenoxy) is 1. The summed E-state index contributed by atoms with van der Waals surface area (Å²) in [5, 5.41) is 12.9. The summed E-state index contributed by atoms with van der Waals surface area (Å²) >= 11 is 0. The Hall–Kier alpha value is -3.65. The quantitative estimate of drug-likeness (QED) is 0.193. The average Bonchev–Trinajstić information content (AvgIpc) is 3.64. The van der Waals surface area contributed by atoms with E-state index in [1.165, 1.54) is 10.8 Å². The van der Waals surface area contributed by atoms with Crippen LogP contribution in [-0.4, -0.2) is 57.5 Å². The largest absolute Gasteiger partial charge is 0.359 e. The first-order valence-electron chi connectivity index (χ1n) is 15.8. The van der Waals surface area contributed by atoms with E-state index in [-0.39, 0.29) is 25.1 Å². The molecule has 2 aromatic carbocycles. The summed E-state index contributed by atoms with van der Waals surface area (Å²) in [5.74, 6) is 0.774. The molecule has 0 bridgehead atoms. The van der Waals surface area contributed by atoms with Crippen molar-refractivity contribution in [3.05, 3.63) is 104 Å². The first-order valence-corrected chi connectivity index (χ1v) is 16.9. The minimum Gasteiger partial charge on any atom is -0.359 e. The zero-order valence-electron chi connectivity index (χ0n) is 27.1. The molecule has 0 radical (unpaired) electrons. The van der Waals surface area contributed by atoms with Gasteiger partial charge >= 0.3 is 5.69 Å². The highest BCUT2D eigenvalue weighted by Gasteiger charge is 2.45. The molecule has 11 nitrogen and oxygen atoms in total. The molecular formula is C34H43N6O5P. The van der Waals surface area contributed by atoms with E-state index in [4.69, 9.17) is 18.8 Å². The van der Waals surface area contributed by atoms with Gasteiger partial charge in [-0.3, -0.25) is 19.3 Å². The van der Waals surface area contributed by atoms with Crippen LogP contribution in [0.1, 0.15) is 69.9 Å². The summed E-state index contributed by atoms with van der Waals surface area (Å²) in [7, 11) is -1.57. The van der Waals surface area contributed by atoms with Gasteiger partial charge < -0.3 is 19.1 Å². The number of benzene rings is 2. The van der Waals surface area contributed by atoms with Crippen molar-refractivity contribution in [3.8, 4) is 6.07 Å². The van der Waals surface area contributed by atoms with Crippen molar-refractivity contribution in [2.75, 3.05) is 13.2 Å². The summed E-state index contributed by atoms with van der Waals surface area (Å²) in [4.78, 5) is 32.4. The third-order valence-electron chi connectivity index (χ3n) is 8.32. The van der Waals surface area contributed by atoms with Crippen molar-refractivity contribution in [1.29, 1.82) is 5.26 Å². The van der Waals surface area contributed by atoms with Crippen molar-refractivity contribution in [2.24, 2.45) is 4.99 Å². The minimum atomic E-state index is -1.57. The fraction of sp³-hybridized carbons (Fsp3) is 0.471. The molecule has 0 amide bonds. The van der Waals surface area contributed by atoms with Crippen LogP contribution < -0.4 is 16.6 Å². The van der Waals surface area contributed by atoms with E-state index in [0.29, 0.717) is 24.9 Å². The molecule has 1 aromatic heterocycles. The molecule has 1 fully saturated rings. The number of aromatic amines is 1. The Morgan fingerprint density at radius 3 is 2.30 bits per heavy atom. The molecule has 12 heteroatoms. The van der Waals surface area contributed by atoms with Crippen LogP contribution in [0.15, 0.2) is 81.4 Å². The molecule has 2 aliphatic heterocycles. The van der Waals surface area contributed by atoms with Crippen LogP contribution >= 0.6 is 8.53 Å². The van der Waals surface area contributed by atoms with E-state index in [2.05, 4.69) is 73.0 Å². The molecule has 5 rings (SSSR count). The molecule has 1 unspecified atom stereocenters. The third kappa shape index (κ3) is 7.33. The lowest BCUT2D eigenvalue weighted by atomic mass is 9.83. The van der Waals surface area contributed by atoms with Crippen LogP contribution in [0.5, 0.6) is 0 Å². The molecule has 2 aliphatic rings. The van der Waals surface area contributed by atoms with Gasteiger partial charge in [-0.05, 0) is 45.7 Å². The molecule has 0 spiro atoms. The van der Waals surface area contributed by atoms with Crippen molar-refractivity contribution in [1.82, 2.24) is 19.5 Å². The maximum absolute atomic E-state index is 12.9. The minimum absolute atomic E-state index is 0.118. The van der Waals surface area contributed by atoms with Gasteiger partial charge in [0.15, 0.2) is 0 Å². The Bertz CT molecular complexity index is 1600. The van der Waals surface area contributed by atoms with Gasteiger partial charge in [0.25, 0.3) is 14.1 Å². The number of nitriles is 1. The number of hydrogen-bond donors (Lipinski definition) is 2. The van der Waals surface area contributed by atoms with Gasteiger partial charge in [0.05, 0.1) is 37.8 Å². The van der Waals surface area contributed by atoms with E-state index >= 15 is 0 Å². The van der Waals surface area contributed by atoms with Gasteiger partial charge in [0.1, 0.15) is 17.6 Å². The lowest BCUT2D eigenvalue weighted by molar-refractivity contribution is -0.0151. The van der Waals surface area contributed by atoms with Gasteiger partial charge in [-0.1, -0.05) is 60.7 Å². The van der Waals surface area contributed by atoms with E-state index in [1.54, 1.807) is 6.92 Å². The molecule has 46 heavy (non-hydrogen) atoms. The number of H-pyrrole nitrogens is 1. The maximum atomic E-state index is 12.9. The van der Waals surface area contributed by atoms with E-state index in [1.807, 2.05) is 36.4 Å². The predicted molar refractivity (Wildman–Crippen MR) is 178 cm³/mol. The van der Waals surface area contributed by atoms with Gasteiger partial charge in [0.2, 0.25) is 0 Å². The van der Waals surface area contributed by atoms with E-state index < -0.39 is 43.7 Å². The second-order valence-electron chi connectivity index (χ2n) is 12.3. The maximum Gasteiger partial charge on any atom is 0.330 e. The Morgan fingerprint density at radius 2 is 1.72 bits per heavy atom. The molecule has 1 saturated heterocycles. The molecule has 4 atom stereocenters. The lowest BCUT2D eigenvalue weighted by Crippen LogP contribution is -2.45. The molecule has 0 aliphatic carbocycles. The zero-order valence-corrected chi connectivity index (χ0v) is 27.9. The van der Waals surface area contributed by atoms with Gasteiger partial charge in [0, 0.05) is 36.7 Å². The van der Waals surface area contributed by atoms with Gasteiger partial charge in [-0.15, -0.1) is 0 Å². The summed E-state index contributed by atoms with van der Waals surface area (Å²) in [6, 6.07) is 22.9. The first-order chi connectivity index (χ1) is 22.1. The monoisotopic (exact) mass is 646 g/mol. The molecular weight excluding hydrogens is 603 g/mol. The van der Waals surface area contributed by atoms with Crippen LogP contribution in [0.25, 0.3) is 0 Å². The normalized spacial score (nSPS) is 21.4. The van der Waals surface area contributed by atoms with Crippen molar-refractivity contribution in [3.63, 3.8) is 0 Å². The molecule has 3 heterocycles. The fourth-order valence-corrected chi connectivity index (χ4v) is 7.92.